The molecule has 0 unspecified atom stereocenters. The molecule has 178 valence electrons. The van der Waals surface area contributed by atoms with Crippen LogP contribution < -0.4 is 16.2 Å². The molecule has 0 radical (unpaired) electrons. The lowest BCUT2D eigenvalue weighted by Crippen LogP contribution is -2.49. The zero-order valence-electron chi connectivity index (χ0n) is 18.5. The number of carbonyl (C=O) groups excluding carboxylic acids is 2. The summed E-state index contributed by atoms with van der Waals surface area (Å²) in [5.41, 5.74) is 7.25. The topological polar surface area (TPSA) is 117 Å². The number of anilines is 1. The van der Waals surface area contributed by atoms with Crippen molar-refractivity contribution in [3.63, 3.8) is 0 Å². The molecule has 3 N–H and O–H groups in total. The van der Waals surface area contributed by atoms with Crippen LogP contribution in [-0.2, 0) is 19.6 Å². The Hall–Kier alpha value is -2.54. The van der Waals surface area contributed by atoms with Gasteiger partial charge in [0.15, 0.2) is 5.11 Å². The minimum Gasteiger partial charge on any atom is -0.465 e. The Kier molecular flexibility index (Phi) is 8.05. The first-order valence-electron chi connectivity index (χ1n) is 10.2. The number of thiophene rings is 1. The van der Waals surface area contributed by atoms with E-state index < -0.39 is 16.0 Å². The van der Waals surface area contributed by atoms with Crippen LogP contribution in [0.2, 0.25) is 0 Å². The van der Waals surface area contributed by atoms with Crippen LogP contribution in [0, 0.1) is 12.8 Å². The van der Waals surface area contributed by atoms with E-state index in [2.05, 4.69) is 16.2 Å². The summed E-state index contributed by atoms with van der Waals surface area (Å²) in [6.45, 7) is 2.52. The number of methoxy groups -OCH3 is 1. The van der Waals surface area contributed by atoms with Gasteiger partial charge in [0.1, 0.15) is 10.6 Å². The summed E-state index contributed by atoms with van der Waals surface area (Å²) in [6.07, 6.45) is 2.02. The van der Waals surface area contributed by atoms with Gasteiger partial charge >= 0.3 is 5.97 Å². The highest BCUT2D eigenvalue weighted by molar-refractivity contribution is 7.88. The zero-order valence-corrected chi connectivity index (χ0v) is 21.0. The number of aryl methyl sites for hydroxylation is 1. The van der Waals surface area contributed by atoms with Gasteiger partial charge in [-0.25, -0.2) is 17.5 Å². The first kappa shape index (κ1) is 25.1. The number of carbonyl (C=O) groups is 2. The molecule has 12 heteroatoms. The van der Waals surface area contributed by atoms with Crippen LogP contribution in [0.25, 0.3) is 11.1 Å². The van der Waals surface area contributed by atoms with Crippen LogP contribution in [0.4, 0.5) is 5.00 Å². The number of piperidine rings is 1. The van der Waals surface area contributed by atoms with Crippen LogP contribution in [-0.4, -0.2) is 56.2 Å². The number of amides is 1. The molecule has 0 aliphatic carbocycles. The Morgan fingerprint density at radius 3 is 2.36 bits per heavy atom. The standard InChI is InChI=1S/C21H26N4O5S3/c1-13-16(14-7-5-4-6-8-14)17(20(27)30-2)19(32-13)22-21(31)24-23-18(26)15-9-11-25(12-10-15)33(3,28)29/h4-8,15H,9-12H2,1-3H3,(H,23,26)(H2,22,24,31). The molecule has 1 fully saturated rings. The first-order chi connectivity index (χ1) is 15.6. The van der Waals surface area contributed by atoms with Crippen molar-refractivity contribution in [2.75, 3.05) is 31.8 Å². The van der Waals surface area contributed by atoms with Gasteiger partial charge < -0.3 is 10.1 Å². The summed E-state index contributed by atoms with van der Waals surface area (Å²) in [4.78, 5) is 25.9. The summed E-state index contributed by atoms with van der Waals surface area (Å²) < 4.78 is 29.6. The lowest BCUT2D eigenvalue weighted by atomic mass is 9.98. The minimum atomic E-state index is -3.25. The van der Waals surface area contributed by atoms with Crippen molar-refractivity contribution in [2.45, 2.75) is 19.8 Å². The highest BCUT2D eigenvalue weighted by Crippen LogP contribution is 2.40. The predicted molar refractivity (Wildman–Crippen MR) is 132 cm³/mol. The molecular formula is C21H26N4O5S3. The number of hydrogen-bond donors (Lipinski definition) is 3. The van der Waals surface area contributed by atoms with Crippen LogP contribution in [0.1, 0.15) is 28.1 Å². The van der Waals surface area contributed by atoms with Gasteiger partial charge in [0.05, 0.1) is 13.4 Å². The number of nitrogens with one attached hydrogen (secondary N) is 3. The molecule has 1 aliphatic rings. The number of sulfonamides is 1. The van der Waals surface area contributed by atoms with Gasteiger partial charge in [-0.1, -0.05) is 30.3 Å². The molecule has 9 nitrogen and oxygen atoms in total. The average Bonchev–Trinajstić information content (AvgIpc) is 3.12. The normalized spacial score (nSPS) is 15.0. The van der Waals surface area contributed by atoms with Crippen molar-refractivity contribution in [1.29, 1.82) is 0 Å². The van der Waals surface area contributed by atoms with Crippen LogP contribution in [0.15, 0.2) is 30.3 Å². The molecule has 1 aromatic carbocycles. The molecule has 2 aromatic rings. The van der Waals surface area contributed by atoms with E-state index in [9.17, 15) is 18.0 Å². The third kappa shape index (κ3) is 6.08. The second-order valence-electron chi connectivity index (χ2n) is 7.60. The van der Waals surface area contributed by atoms with Crippen molar-refractivity contribution in [2.24, 2.45) is 5.92 Å². The lowest BCUT2D eigenvalue weighted by molar-refractivity contribution is -0.126. The number of hydrazine groups is 1. The van der Waals surface area contributed by atoms with Crippen LogP contribution in [0.3, 0.4) is 0 Å². The SMILES string of the molecule is COC(=O)c1c(NC(=S)NNC(=O)C2CCN(S(C)(=O)=O)CC2)sc(C)c1-c1ccccc1. The van der Waals surface area contributed by atoms with Crippen LogP contribution in [0.5, 0.6) is 0 Å². The predicted octanol–water partition coefficient (Wildman–Crippen LogP) is 2.50. The van der Waals surface area contributed by atoms with E-state index >= 15 is 0 Å². The molecule has 0 spiro atoms. The fourth-order valence-electron chi connectivity index (χ4n) is 3.69. The number of thiocarbonyl (C=S) groups is 1. The number of hydrogen-bond acceptors (Lipinski definition) is 7. The van der Waals surface area contributed by atoms with Crippen molar-refractivity contribution in [3.8, 4) is 11.1 Å². The van der Waals surface area contributed by atoms with E-state index in [1.165, 1.54) is 22.8 Å². The molecular weight excluding hydrogens is 484 g/mol. The Morgan fingerprint density at radius 2 is 1.79 bits per heavy atom. The van der Waals surface area contributed by atoms with Crippen molar-refractivity contribution >= 4 is 55.6 Å². The summed E-state index contributed by atoms with van der Waals surface area (Å²) in [5.74, 6) is -1.09. The van der Waals surface area contributed by atoms with Gasteiger partial charge in [0.2, 0.25) is 15.9 Å². The summed E-state index contributed by atoms with van der Waals surface area (Å²) in [5, 5.41) is 3.60. The van der Waals surface area contributed by atoms with Crippen LogP contribution >= 0.6 is 23.6 Å². The molecule has 2 heterocycles. The third-order valence-corrected chi connectivity index (χ3v) is 7.88. The molecule has 1 saturated heterocycles. The quantitative estimate of drug-likeness (QED) is 0.319. The second-order valence-corrected chi connectivity index (χ2v) is 11.2. The van der Waals surface area contributed by atoms with Gasteiger partial charge in [0.25, 0.3) is 0 Å². The van der Waals surface area contributed by atoms with E-state index in [0.29, 0.717) is 36.5 Å². The Labute approximate surface area is 202 Å². The number of benzene rings is 1. The second kappa shape index (κ2) is 10.6. The molecule has 0 atom stereocenters. The number of rotatable bonds is 5. The fourth-order valence-corrected chi connectivity index (χ4v) is 5.85. The Bertz CT molecular complexity index is 1140. The minimum absolute atomic E-state index is 0.114. The monoisotopic (exact) mass is 510 g/mol. The number of nitrogens with zero attached hydrogens (tertiary/aromatic N) is 1. The smallest absolute Gasteiger partial charge is 0.341 e. The van der Waals surface area contributed by atoms with E-state index in [4.69, 9.17) is 17.0 Å². The van der Waals surface area contributed by atoms with Gasteiger partial charge in [-0.3, -0.25) is 15.6 Å². The maximum Gasteiger partial charge on any atom is 0.341 e. The van der Waals surface area contributed by atoms with E-state index in [0.717, 1.165) is 22.3 Å². The molecule has 1 amide bonds. The first-order valence-corrected chi connectivity index (χ1v) is 13.3. The van der Waals surface area contributed by atoms with Gasteiger partial charge in [-0.15, -0.1) is 11.3 Å². The molecule has 3 rings (SSSR count). The van der Waals surface area contributed by atoms with Crippen molar-refractivity contribution in [1.82, 2.24) is 15.2 Å². The molecule has 33 heavy (non-hydrogen) atoms. The van der Waals surface area contributed by atoms with Crippen molar-refractivity contribution in [3.05, 3.63) is 40.8 Å². The zero-order chi connectivity index (χ0) is 24.2. The molecule has 1 aliphatic heterocycles. The van der Waals surface area contributed by atoms with Gasteiger partial charge in [-0.2, -0.15) is 0 Å². The molecule has 1 aromatic heterocycles. The highest BCUT2D eigenvalue weighted by atomic mass is 32.2. The lowest BCUT2D eigenvalue weighted by Gasteiger charge is -2.29. The number of esters is 1. The highest BCUT2D eigenvalue weighted by Gasteiger charge is 2.29. The summed E-state index contributed by atoms with van der Waals surface area (Å²) >= 11 is 6.66. The Balaban J connectivity index is 1.65. The van der Waals surface area contributed by atoms with Gasteiger partial charge in [0, 0.05) is 29.4 Å². The van der Waals surface area contributed by atoms with E-state index in [-0.39, 0.29) is 16.9 Å². The maximum absolute atomic E-state index is 12.6. The van der Waals surface area contributed by atoms with E-state index in [1.54, 1.807) is 0 Å². The maximum atomic E-state index is 12.6. The Morgan fingerprint density at radius 1 is 1.15 bits per heavy atom. The largest absolute Gasteiger partial charge is 0.465 e. The number of ether oxygens (including phenoxy) is 1. The van der Waals surface area contributed by atoms with Crippen molar-refractivity contribution < 1.29 is 22.7 Å². The van der Waals surface area contributed by atoms with Gasteiger partial charge in [-0.05, 0) is 37.5 Å². The average molecular weight is 511 g/mol. The molecule has 0 saturated carbocycles. The molecule has 0 bridgehead atoms. The third-order valence-electron chi connectivity index (χ3n) is 5.36. The summed E-state index contributed by atoms with van der Waals surface area (Å²) in [7, 11) is -1.93. The summed E-state index contributed by atoms with van der Waals surface area (Å²) in [6, 6.07) is 9.51. The van der Waals surface area contributed by atoms with E-state index in [1.807, 2.05) is 37.3 Å². The fraction of sp³-hybridized carbons (Fsp3) is 0.381.